The van der Waals surface area contributed by atoms with Gasteiger partial charge in [0.25, 0.3) is 0 Å². The molecule has 0 aliphatic carbocycles. The van der Waals surface area contributed by atoms with E-state index in [1.165, 1.54) is 11.1 Å². The summed E-state index contributed by atoms with van der Waals surface area (Å²) in [5.41, 5.74) is 2.60. The Labute approximate surface area is 171 Å². The molecule has 0 N–H and O–H groups in total. The average molecular weight is 429 g/mol. The number of benzene rings is 2. The van der Waals surface area contributed by atoms with Gasteiger partial charge >= 0.3 is 0 Å². The van der Waals surface area contributed by atoms with E-state index in [0.29, 0.717) is 5.91 Å². The van der Waals surface area contributed by atoms with E-state index in [2.05, 4.69) is 94.2 Å². The zero-order valence-electron chi connectivity index (χ0n) is 16.3. The molecule has 1 fully saturated rings. The molecule has 1 saturated heterocycles. The van der Waals surface area contributed by atoms with Gasteiger partial charge in [-0.25, -0.2) is 0 Å². The highest BCUT2D eigenvalue weighted by atomic mass is 79.9. The van der Waals surface area contributed by atoms with E-state index in [9.17, 15) is 4.79 Å². The first-order valence-corrected chi connectivity index (χ1v) is 10.7. The van der Waals surface area contributed by atoms with Crippen LogP contribution in [0.25, 0.3) is 0 Å². The fourth-order valence-electron chi connectivity index (χ4n) is 3.96. The van der Waals surface area contributed by atoms with Crippen LogP contribution in [0.3, 0.4) is 0 Å². The third-order valence-electron chi connectivity index (χ3n) is 5.44. The number of halogens is 1. The third-order valence-corrected chi connectivity index (χ3v) is 5.96. The molecule has 4 heteroatoms. The number of nitrogens with zero attached hydrogens (tertiary/aromatic N) is 2. The first kappa shape index (κ1) is 20.1. The monoisotopic (exact) mass is 428 g/mol. The van der Waals surface area contributed by atoms with Gasteiger partial charge in [0.2, 0.25) is 5.91 Å². The van der Waals surface area contributed by atoms with Crippen LogP contribution < -0.4 is 0 Å². The second-order valence-electron chi connectivity index (χ2n) is 7.42. The van der Waals surface area contributed by atoms with Crippen LogP contribution in [0.4, 0.5) is 0 Å². The molecule has 0 bridgehead atoms. The maximum absolute atomic E-state index is 12.6. The number of carbonyl (C=O) groups excluding carboxylic acids is 1. The van der Waals surface area contributed by atoms with Crippen LogP contribution in [0.5, 0.6) is 0 Å². The predicted octanol–water partition coefficient (Wildman–Crippen LogP) is 5.12. The topological polar surface area (TPSA) is 23.6 Å². The molecular formula is C23H29BrN2O. The highest BCUT2D eigenvalue weighted by molar-refractivity contribution is 9.10. The van der Waals surface area contributed by atoms with Crippen LogP contribution in [0, 0.1) is 5.92 Å². The minimum atomic E-state index is 0.137. The summed E-state index contributed by atoms with van der Waals surface area (Å²) in [6.07, 6.45) is 2.04. The van der Waals surface area contributed by atoms with Crippen LogP contribution in [0.15, 0.2) is 59.1 Å². The largest absolute Gasteiger partial charge is 0.340 e. The van der Waals surface area contributed by atoms with Crippen molar-refractivity contribution in [2.75, 3.05) is 26.2 Å². The number of rotatable bonds is 6. The molecule has 2 aromatic rings. The van der Waals surface area contributed by atoms with Crippen molar-refractivity contribution in [3.05, 3.63) is 70.2 Å². The minimum Gasteiger partial charge on any atom is -0.340 e. The summed E-state index contributed by atoms with van der Waals surface area (Å²) in [4.78, 5) is 17.2. The highest BCUT2D eigenvalue weighted by Crippen LogP contribution is 2.30. The maximum atomic E-state index is 12.6. The fraction of sp³-hybridized carbons (Fsp3) is 0.435. The van der Waals surface area contributed by atoms with Crippen LogP contribution in [0.1, 0.15) is 43.9 Å². The Balaban J connectivity index is 1.75. The highest BCUT2D eigenvalue weighted by Gasteiger charge is 2.29. The standard InChI is InChI=1S/C23H29BrN2O/c1-3-7-18(2)23(27)26-16-14-25(15-17-26)22(19-8-5-4-6-9-19)20-10-12-21(24)13-11-20/h4-6,8-13,18,22H,3,7,14-17H2,1-2H3/t18-,22+/m0/s1. The van der Waals surface area contributed by atoms with E-state index in [1.807, 2.05) is 0 Å². The Morgan fingerprint density at radius 1 is 0.963 bits per heavy atom. The zero-order chi connectivity index (χ0) is 19.2. The second-order valence-corrected chi connectivity index (χ2v) is 8.33. The lowest BCUT2D eigenvalue weighted by molar-refractivity contribution is -0.137. The van der Waals surface area contributed by atoms with E-state index in [1.54, 1.807) is 0 Å². The van der Waals surface area contributed by atoms with E-state index in [4.69, 9.17) is 0 Å². The molecule has 1 aliphatic heterocycles. The molecule has 1 heterocycles. The molecule has 2 aromatic carbocycles. The molecule has 3 nitrogen and oxygen atoms in total. The molecule has 1 aliphatic rings. The molecule has 2 atom stereocenters. The number of amides is 1. The van der Waals surface area contributed by atoms with Crippen LogP contribution in [0.2, 0.25) is 0 Å². The SMILES string of the molecule is CCC[C@H](C)C(=O)N1CCN([C@H](c2ccccc2)c2ccc(Br)cc2)CC1. The van der Waals surface area contributed by atoms with E-state index in [-0.39, 0.29) is 12.0 Å². The van der Waals surface area contributed by atoms with Crippen molar-refractivity contribution in [3.8, 4) is 0 Å². The van der Waals surface area contributed by atoms with Gasteiger partial charge in [0, 0.05) is 36.6 Å². The summed E-state index contributed by atoms with van der Waals surface area (Å²) in [5, 5.41) is 0. The third kappa shape index (κ3) is 4.99. The van der Waals surface area contributed by atoms with Gasteiger partial charge < -0.3 is 4.90 Å². The van der Waals surface area contributed by atoms with Crippen molar-refractivity contribution >= 4 is 21.8 Å². The van der Waals surface area contributed by atoms with E-state index >= 15 is 0 Å². The molecule has 0 spiro atoms. The summed E-state index contributed by atoms with van der Waals surface area (Å²) < 4.78 is 1.10. The molecule has 0 radical (unpaired) electrons. The van der Waals surface area contributed by atoms with Crippen molar-refractivity contribution in [2.24, 2.45) is 5.92 Å². The van der Waals surface area contributed by atoms with Crippen molar-refractivity contribution < 1.29 is 4.79 Å². The molecule has 144 valence electrons. The van der Waals surface area contributed by atoms with Crippen LogP contribution in [-0.2, 0) is 4.79 Å². The van der Waals surface area contributed by atoms with Crippen molar-refractivity contribution in [1.29, 1.82) is 0 Å². The minimum absolute atomic E-state index is 0.137. The lowest BCUT2D eigenvalue weighted by Crippen LogP contribution is -2.51. The molecule has 3 rings (SSSR count). The summed E-state index contributed by atoms with van der Waals surface area (Å²) in [7, 11) is 0. The summed E-state index contributed by atoms with van der Waals surface area (Å²) in [6.45, 7) is 7.64. The van der Waals surface area contributed by atoms with E-state index < -0.39 is 0 Å². The molecular weight excluding hydrogens is 400 g/mol. The summed E-state index contributed by atoms with van der Waals surface area (Å²) >= 11 is 3.54. The molecule has 0 saturated carbocycles. The molecule has 0 aromatic heterocycles. The van der Waals surface area contributed by atoms with Crippen LogP contribution in [-0.4, -0.2) is 41.9 Å². The van der Waals surface area contributed by atoms with Gasteiger partial charge in [0.05, 0.1) is 6.04 Å². The molecule has 0 unspecified atom stereocenters. The van der Waals surface area contributed by atoms with Gasteiger partial charge in [-0.15, -0.1) is 0 Å². The summed E-state index contributed by atoms with van der Waals surface area (Å²) in [6, 6.07) is 19.5. The van der Waals surface area contributed by atoms with Gasteiger partial charge in [-0.1, -0.05) is 78.7 Å². The normalized spacial score (nSPS) is 17.5. The number of carbonyl (C=O) groups is 1. The van der Waals surface area contributed by atoms with Crippen molar-refractivity contribution in [3.63, 3.8) is 0 Å². The lowest BCUT2D eigenvalue weighted by atomic mass is 9.96. The Bertz CT molecular complexity index is 724. The quantitative estimate of drug-likeness (QED) is 0.637. The second kappa shape index (κ2) is 9.52. The van der Waals surface area contributed by atoms with Gasteiger partial charge in [0.15, 0.2) is 0 Å². The fourth-order valence-corrected chi connectivity index (χ4v) is 4.23. The molecule has 27 heavy (non-hydrogen) atoms. The van der Waals surface area contributed by atoms with Crippen molar-refractivity contribution in [1.82, 2.24) is 9.80 Å². The Kier molecular flexibility index (Phi) is 7.08. The molecule has 1 amide bonds. The summed E-state index contributed by atoms with van der Waals surface area (Å²) in [5.74, 6) is 0.453. The Morgan fingerprint density at radius 2 is 1.56 bits per heavy atom. The average Bonchev–Trinajstić information content (AvgIpc) is 2.71. The number of hydrogen-bond acceptors (Lipinski definition) is 2. The predicted molar refractivity (Wildman–Crippen MR) is 115 cm³/mol. The van der Waals surface area contributed by atoms with Crippen molar-refractivity contribution in [2.45, 2.75) is 32.7 Å². The Morgan fingerprint density at radius 3 is 2.15 bits per heavy atom. The van der Waals surface area contributed by atoms with Gasteiger partial charge in [-0.05, 0) is 29.7 Å². The lowest BCUT2D eigenvalue weighted by Gasteiger charge is -2.40. The number of piperazine rings is 1. The first-order chi connectivity index (χ1) is 13.1. The zero-order valence-corrected chi connectivity index (χ0v) is 17.9. The number of hydrogen-bond donors (Lipinski definition) is 0. The first-order valence-electron chi connectivity index (χ1n) is 9.93. The van der Waals surface area contributed by atoms with Gasteiger partial charge in [0.1, 0.15) is 0 Å². The maximum Gasteiger partial charge on any atom is 0.225 e. The van der Waals surface area contributed by atoms with Gasteiger partial charge in [-0.2, -0.15) is 0 Å². The smallest absolute Gasteiger partial charge is 0.225 e. The van der Waals surface area contributed by atoms with Gasteiger partial charge in [-0.3, -0.25) is 9.69 Å². The van der Waals surface area contributed by atoms with E-state index in [0.717, 1.165) is 43.5 Å². The Hall–Kier alpha value is -1.65. The van der Waals surface area contributed by atoms with Crippen LogP contribution >= 0.6 is 15.9 Å².